The second-order valence-electron chi connectivity index (χ2n) is 7.21. The first kappa shape index (κ1) is 21.4. The van der Waals surface area contributed by atoms with Crippen LogP contribution >= 0.6 is 12.4 Å². The number of hydrogen-bond acceptors (Lipinski definition) is 2. The first-order valence-corrected chi connectivity index (χ1v) is 10.2. The molecule has 2 aromatic rings. The maximum Gasteiger partial charge on any atom is 0.308 e. The molecular weight excluding hydrogens is 352 g/mol. The Labute approximate surface area is 157 Å². The number of hydrogen-bond donors (Lipinski definition) is 1. The molecular formula is C20H27ClO3Si. The Bertz CT molecular complexity index is 629. The molecule has 136 valence electrons. The Morgan fingerprint density at radius 3 is 1.72 bits per heavy atom. The van der Waals surface area contributed by atoms with Crippen molar-refractivity contribution < 1.29 is 14.3 Å². The van der Waals surface area contributed by atoms with Crippen LogP contribution in [0.3, 0.4) is 0 Å². The lowest BCUT2D eigenvalue weighted by atomic mass is 10.2. The number of rotatable bonds is 6. The van der Waals surface area contributed by atoms with Crippen LogP contribution in [0.25, 0.3) is 0 Å². The van der Waals surface area contributed by atoms with Gasteiger partial charge in [-0.3, -0.25) is 4.79 Å². The monoisotopic (exact) mass is 378 g/mol. The largest absolute Gasteiger partial charge is 0.481 e. The topological polar surface area (TPSA) is 46.5 Å². The molecule has 0 saturated carbocycles. The van der Waals surface area contributed by atoms with Crippen molar-refractivity contribution in [3.63, 3.8) is 0 Å². The SMILES string of the molecule is C[C@@H](CO[Si](c1ccccc1)(c1ccccc1)C(C)(C)C)C(=O)O.Cl. The summed E-state index contributed by atoms with van der Waals surface area (Å²) in [6, 6.07) is 20.5. The Hall–Kier alpha value is -1.62. The molecule has 0 unspecified atom stereocenters. The summed E-state index contributed by atoms with van der Waals surface area (Å²) < 4.78 is 6.55. The van der Waals surface area contributed by atoms with Crippen molar-refractivity contribution in [2.24, 2.45) is 5.92 Å². The highest BCUT2D eigenvalue weighted by Crippen LogP contribution is 2.36. The van der Waals surface area contributed by atoms with Crippen LogP contribution in [0, 0.1) is 5.92 Å². The molecule has 0 radical (unpaired) electrons. The van der Waals surface area contributed by atoms with Gasteiger partial charge in [0.1, 0.15) is 0 Å². The van der Waals surface area contributed by atoms with E-state index in [2.05, 4.69) is 45.0 Å². The third kappa shape index (κ3) is 4.51. The Balaban J connectivity index is 0.00000312. The second kappa shape index (κ2) is 8.65. The minimum absolute atomic E-state index is 0. The first-order valence-electron chi connectivity index (χ1n) is 8.27. The van der Waals surface area contributed by atoms with E-state index in [0.29, 0.717) is 0 Å². The molecule has 0 heterocycles. The van der Waals surface area contributed by atoms with E-state index >= 15 is 0 Å². The number of benzene rings is 2. The summed E-state index contributed by atoms with van der Waals surface area (Å²) >= 11 is 0. The molecule has 0 amide bonds. The van der Waals surface area contributed by atoms with E-state index in [1.54, 1.807) is 6.92 Å². The molecule has 0 bridgehead atoms. The molecule has 0 saturated heterocycles. The molecule has 0 spiro atoms. The van der Waals surface area contributed by atoms with E-state index in [0.717, 1.165) is 0 Å². The van der Waals surface area contributed by atoms with Crippen molar-refractivity contribution in [1.29, 1.82) is 0 Å². The van der Waals surface area contributed by atoms with Crippen LogP contribution < -0.4 is 10.4 Å². The Morgan fingerprint density at radius 2 is 1.40 bits per heavy atom. The highest BCUT2D eigenvalue weighted by Gasteiger charge is 2.50. The van der Waals surface area contributed by atoms with Gasteiger partial charge in [-0.1, -0.05) is 81.4 Å². The third-order valence-corrected chi connectivity index (χ3v) is 9.39. The van der Waals surface area contributed by atoms with Crippen LogP contribution in [0.2, 0.25) is 5.04 Å². The summed E-state index contributed by atoms with van der Waals surface area (Å²) in [5.41, 5.74) is 0. The average Bonchev–Trinajstić information content (AvgIpc) is 2.56. The lowest BCUT2D eigenvalue weighted by Crippen LogP contribution is -2.67. The zero-order valence-electron chi connectivity index (χ0n) is 15.2. The van der Waals surface area contributed by atoms with Gasteiger partial charge in [-0.05, 0) is 22.3 Å². The fourth-order valence-electron chi connectivity index (χ4n) is 3.08. The molecule has 2 rings (SSSR count). The predicted octanol–water partition coefficient (Wildman–Crippen LogP) is 3.71. The number of carbonyl (C=O) groups is 1. The van der Waals surface area contributed by atoms with Crippen LogP contribution in [0.5, 0.6) is 0 Å². The van der Waals surface area contributed by atoms with Crippen molar-refractivity contribution in [2.45, 2.75) is 32.7 Å². The minimum atomic E-state index is -2.62. The summed E-state index contributed by atoms with van der Waals surface area (Å²) in [5.74, 6) is -1.36. The highest BCUT2D eigenvalue weighted by molar-refractivity contribution is 6.99. The standard InChI is InChI=1S/C20H26O3Si.ClH/c1-16(19(21)22)15-23-24(20(2,3)4,17-11-7-5-8-12-17)18-13-9-6-10-14-18;/h5-14,16H,15H2,1-4H3,(H,21,22);1H/t16-;/m0./s1. The van der Waals surface area contributed by atoms with E-state index in [1.165, 1.54) is 10.4 Å². The van der Waals surface area contributed by atoms with E-state index in [1.807, 2.05) is 36.4 Å². The lowest BCUT2D eigenvalue weighted by molar-refractivity contribution is -0.142. The zero-order valence-corrected chi connectivity index (χ0v) is 17.0. The number of halogens is 1. The van der Waals surface area contributed by atoms with Gasteiger partial charge in [-0.25, -0.2) is 0 Å². The molecule has 0 aliphatic rings. The van der Waals surface area contributed by atoms with Gasteiger partial charge in [0.15, 0.2) is 0 Å². The zero-order chi connectivity index (χ0) is 17.8. The highest BCUT2D eigenvalue weighted by atomic mass is 35.5. The van der Waals surface area contributed by atoms with Crippen molar-refractivity contribution in [1.82, 2.24) is 0 Å². The minimum Gasteiger partial charge on any atom is -0.481 e. The van der Waals surface area contributed by atoms with E-state index < -0.39 is 20.2 Å². The van der Waals surface area contributed by atoms with Gasteiger partial charge < -0.3 is 9.53 Å². The summed E-state index contributed by atoms with van der Waals surface area (Å²) in [6.45, 7) is 8.46. The van der Waals surface area contributed by atoms with Crippen molar-refractivity contribution in [3.05, 3.63) is 60.7 Å². The van der Waals surface area contributed by atoms with Gasteiger partial charge in [-0.15, -0.1) is 12.4 Å². The van der Waals surface area contributed by atoms with Crippen LogP contribution in [-0.2, 0) is 9.22 Å². The van der Waals surface area contributed by atoms with E-state index in [9.17, 15) is 9.90 Å². The number of carboxylic acids is 1. The van der Waals surface area contributed by atoms with Crippen LogP contribution in [0.1, 0.15) is 27.7 Å². The third-order valence-electron chi connectivity index (χ3n) is 4.39. The van der Waals surface area contributed by atoms with E-state index in [-0.39, 0.29) is 24.1 Å². The summed E-state index contributed by atoms with van der Waals surface area (Å²) in [6.07, 6.45) is 0. The molecule has 1 N–H and O–H groups in total. The molecule has 0 aliphatic heterocycles. The van der Waals surface area contributed by atoms with Crippen molar-refractivity contribution in [2.75, 3.05) is 6.61 Å². The quantitative estimate of drug-likeness (QED) is 0.779. The average molecular weight is 379 g/mol. The van der Waals surface area contributed by atoms with Crippen LogP contribution in [-0.4, -0.2) is 26.0 Å². The number of carboxylic acid groups (broad SMARTS) is 1. The summed E-state index contributed by atoms with van der Waals surface area (Å²) in [5, 5.41) is 11.5. The normalized spacial score (nSPS) is 13.0. The molecule has 0 aliphatic carbocycles. The van der Waals surface area contributed by atoms with E-state index in [4.69, 9.17) is 4.43 Å². The molecule has 25 heavy (non-hydrogen) atoms. The van der Waals surface area contributed by atoms with Crippen molar-refractivity contribution >= 4 is 37.1 Å². The van der Waals surface area contributed by atoms with Gasteiger partial charge >= 0.3 is 5.97 Å². The fourth-order valence-corrected chi connectivity index (χ4v) is 7.74. The van der Waals surface area contributed by atoms with Gasteiger partial charge in [0.2, 0.25) is 0 Å². The molecule has 1 atom stereocenters. The Kier molecular flexibility index (Phi) is 7.41. The second-order valence-corrected chi connectivity index (χ2v) is 11.5. The number of aliphatic carboxylic acids is 1. The Morgan fingerprint density at radius 1 is 1.00 bits per heavy atom. The predicted molar refractivity (Wildman–Crippen MR) is 108 cm³/mol. The molecule has 3 nitrogen and oxygen atoms in total. The van der Waals surface area contributed by atoms with Gasteiger partial charge in [-0.2, -0.15) is 0 Å². The summed E-state index contributed by atoms with van der Waals surface area (Å²) in [4.78, 5) is 11.3. The van der Waals surface area contributed by atoms with Gasteiger partial charge in [0.25, 0.3) is 8.32 Å². The van der Waals surface area contributed by atoms with Crippen LogP contribution in [0.15, 0.2) is 60.7 Å². The molecule has 5 heteroatoms. The van der Waals surface area contributed by atoms with Crippen molar-refractivity contribution in [3.8, 4) is 0 Å². The van der Waals surface area contributed by atoms with Gasteiger partial charge in [0, 0.05) is 6.61 Å². The maximum absolute atomic E-state index is 11.3. The smallest absolute Gasteiger partial charge is 0.308 e. The fraction of sp³-hybridized carbons (Fsp3) is 0.350. The summed E-state index contributed by atoms with van der Waals surface area (Å²) in [7, 11) is -2.62. The molecule has 0 aromatic heterocycles. The molecule has 2 aromatic carbocycles. The molecule has 0 fully saturated rings. The van der Waals surface area contributed by atoms with Crippen LogP contribution in [0.4, 0.5) is 0 Å². The maximum atomic E-state index is 11.3. The van der Waals surface area contributed by atoms with Gasteiger partial charge in [0.05, 0.1) is 5.92 Å². The first-order chi connectivity index (χ1) is 11.3. The lowest BCUT2D eigenvalue weighted by Gasteiger charge is -2.43.